The van der Waals surface area contributed by atoms with Crippen LogP contribution in [0.5, 0.6) is 0 Å². The van der Waals surface area contributed by atoms with Crippen molar-refractivity contribution in [1.29, 1.82) is 0 Å². The number of hydrogen-bond donors (Lipinski definition) is 1. The molecule has 31 heavy (non-hydrogen) atoms. The second kappa shape index (κ2) is 9.22. The molecule has 1 aromatic heterocycles. The summed E-state index contributed by atoms with van der Waals surface area (Å²) in [7, 11) is 3.23. The highest BCUT2D eigenvalue weighted by Gasteiger charge is 2.32. The quantitative estimate of drug-likeness (QED) is 0.357. The Bertz CT molecular complexity index is 1130. The number of hydrogen-bond acceptors (Lipinski definition) is 4. The number of aromatic nitrogens is 1. The van der Waals surface area contributed by atoms with Crippen LogP contribution in [-0.4, -0.2) is 24.9 Å². The van der Waals surface area contributed by atoms with Gasteiger partial charge in [-0.25, -0.2) is 4.98 Å². The summed E-state index contributed by atoms with van der Waals surface area (Å²) in [6, 6.07) is 15.4. The number of benzene rings is 2. The normalized spacial score (nSPS) is 11.5. The predicted octanol–water partition coefficient (Wildman–Crippen LogP) is 6.30. The zero-order valence-electron chi connectivity index (χ0n) is 16.7. The summed E-state index contributed by atoms with van der Waals surface area (Å²) in [5.41, 5.74) is 0.701. The number of ketones is 1. The number of nitrogens with one attached hydrogen (secondary N) is 1. The molecule has 0 unspecified atom stereocenters. The number of halogens is 4. The number of anilines is 2. The molecule has 0 atom stereocenters. The second-order valence-corrected chi connectivity index (χ2v) is 7.30. The van der Waals surface area contributed by atoms with Gasteiger partial charge in [-0.3, -0.25) is 4.79 Å². The predicted molar refractivity (Wildman–Crippen MR) is 118 cm³/mol. The van der Waals surface area contributed by atoms with Crippen molar-refractivity contribution in [3.63, 3.8) is 0 Å². The van der Waals surface area contributed by atoms with Crippen molar-refractivity contribution in [1.82, 2.24) is 4.98 Å². The minimum atomic E-state index is -4.51. The molecule has 1 heterocycles. The van der Waals surface area contributed by atoms with Crippen molar-refractivity contribution >= 4 is 28.9 Å². The Morgan fingerprint density at radius 2 is 1.81 bits per heavy atom. The van der Waals surface area contributed by atoms with Crippen LogP contribution in [0, 0.1) is 0 Å². The third-order valence-electron chi connectivity index (χ3n) is 4.39. The van der Waals surface area contributed by atoms with Gasteiger partial charge < -0.3 is 10.2 Å². The lowest BCUT2D eigenvalue weighted by atomic mass is 10.0. The highest BCUT2D eigenvalue weighted by atomic mass is 35.5. The van der Waals surface area contributed by atoms with E-state index in [2.05, 4.69) is 10.3 Å². The van der Waals surface area contributed by atoms with E-state index in [0.717, 1.165) is 12.1 Å². The number of rotatable bonds is 6. The summed E-state index contributed by atoms with van der Waals surface area (Å²) in [6.45, 7) is 0. The SMILES string of the molecule is CN(C)c1cc(C(F)(F)F)cc(-c2cccc(C(=O)C=CNc3ccccc3Cl)c2)n1. The van der Waals surface area contributed by atoms with Crippen LogP contribution in [0.25, 0.3) is 11.3 Å². The van der Waals surface area contributed by atoms with Crippen molar-refractivity contribution in [2.75, 3.05) is 24.3 Å². The van der Waals surface area contributed by atoms with Gasteiger partial charge in [-0.1, -0.05) is 41.9 Å². The molecule has 0 saturated heterocycles. The Morgan fingerprint density at radius 3 is 2.48 bits per heavy atom. The van der Waals surface area contributed by atoms with Crippen molar-refractivity contribution < 1.29 is 18.0 Å². The summed E-state index contributed by atoms with van der Waals surface area (Å²) in [5, 5.41) is 3.44. The van der Waals surface area contributed by atoms with E-state index < -0.39 is 11.7 Å². The van der Waals surface area contributed by atoms with Crippen LogP contribution < -0.4 is 10.2 Å². The first-order valence-corrected chi connectivity index (χ1v) is 9.62. The topological polar surface area (TPSA) is 45.2 Å². The second-order valence-electron chi connectivity index (χ2n) is 6.89. The molecule has 3 aromatic rings. The molecule has 8 heteroatoms. The van der Waals surface area contributed by atoms with Crippen molar-refractivity contribution in [2.24, 2.45) is 0 Å². The van der Waals surface area contributed by atoms with Gasteiger partial charge in [0.2, 0.25) is 0 Å². The van der Waals surface area contributed by atoms with Crippen LogP contribution in [0.15, 0.2) is 72.9 Å². The van der Waals surface area contributed by atoms with Gasteiger partial charge in [0.05, 0.1) is 22.0 Å². The number of carbonyl (C=O) groups is 1. The largest absolute Gasteiger partial charge is 0.416 e. The van der Waals surface area contributed by atoms with E-state index in [1.807, 2.05) is 0 Å². The summed E-state index contributed by atoms with van der Waals surface area (Å²) in [5.74, 6) is -0.147. The van der Waals surface area contributed by atoms with Gasteiger partial charge in [0, 0.05) is 37.5 Å². The zero-order chi connectivity index (χ0) is 22.6. The van der Waals surface area contributed by atoms with Crippen LogP contribution in [-0.2, 0) is 6.18 Å². The first-order valence-electron chi connectivity index (χ1n) is 9.24. The van der Waals surface area contributed by atoms with Gasteiger partial charge in [-0.05, 0) is 30.3 Å². The average molecular weight is 446 g/mol. The zero-order valence-corrected chi connectivity index (χ0v) is 17.5. The molecule has 4 nitrogen and oxygen atoms in total. The minimum Gasteiger partial charge on any atom is -0.363 e. The fourth-order valence-electron chi connectivity index (χ4n) is 2.77. The maximum absolute atomic E-state index is 13.3. The van der Waals surface area contributed by atoms with Crippen LogP contribution in [0.4, 0.5) is 24.7 Å². The fourth-order valence-corrected chi connectivity index (χ4v) is 2.96. The highest BCUT2D eigenvalue weighted by molar-refractivity contribution is 6.33. The van der Waals surface area contributed by atoms with E-state index in [1.54, 1.807) is 56.6 Å². The summed E-state index contributed by atoms with van der Waals surface area (Å²) >= 11 is 6.05. The Kier molecular flexibility index (Phi) is 6.65. The molecule has 0 amide bonds. The molecule has 2 aromatic carbocycles. The smallest absolute Gasteiger partial charge is 0.363 e. The van der Waals surface area contributed by atoms with Gasteiger partial charge in [0.25, 0.3) is 0 Å². The standard InChI is InChI=1S/C23H19ClF3N3O/c1-30(2)22-14-17(23(25,26)27)13-20(29-22)15-6-5-7-16(12-15)21(31)10-11-28-19-9-4-3-8-18(19)24/h3-14,28H,1-2H3. The summed E-state index contributed by atoms with van der Waals surface area (Å²) in [4.78, 5) is 18.3. The molecule has 3 rings (SSSR count). The van der Waals surface area contributed by atoms with E-state index in [1.165, 1.54) is 23.2 Å². The number of allylic oxidation sites excluding steroid dienone is 1. The Balaban J connectivity index is 1.87. The van der Waals surface area contributed by atoms with Gasteiger partial charge in [0.1, 0.15) is 5.82 Å². The number of nitrogens with zero attached hydrogens (tertiary/aromatic N) is 2. The molecule has 0 aliphatic carbocycles. The monoisotopic (exact) mass is 445 g/mol. The van der Waals surface area contributed by atoms with Crippen molar-refractivity contribution in [3.05, 3.63) is 89.1 Å². The van der Waals surface area contributed by atoms with E-state index >= 15 is 0 Å². The Morgan fingerprint density at radius 1 is 1.06 bits per heavy atom. The van der Waals surface area contributed by atoms with Gasteiger partial charge in [-0.15, -0.1) is 0 Å². The number of alkyl halides is 3. The number of carbonyl (C=O) groups excluding carboxylic acids is 1. The van der Waals surface area contributed by atoms with Crippen LogP contribution in [0.1, 0.15) is 15.9 Å². The molecule has 0 fully saturated rings. The molecule has 0 bridgehead atoms. The molecule has 0 aliphatic heterocycles. The Hall–Kier alpha value is -3.32. The maximum Gasteiger partial charge on any atom is 0.416 e. The van der Waals surface area contributed by atoms with Crippen LogP contribution >= 0.6 is 11.6 Å². The number of pyridine rings is 1. The molecule has 160 valence electrons. The fraction of sp³-hybridized carbons (Fsp3) is 0.130. The van der Waals surface area contributed by atoms with Gasteiger partial charge >= 0.3 is 6.18 Å². The molecule has 1 N–H and O–H groups in total. The van der Waals surface area contributed by atoms with Crippen molar-refractivity contribution in [2.45, 2.75) is 6.18 Å². The van der Waals surface area contributed by atoms with Crippen molar-refractivity contribution in [3.8, 4) is 11.3 Å². The van der Waals surface area contributed by atoms with Crippen LogP contribution in [0.3, 0.4) is 0 Å². The lowest BCUT2D eigenvalue weighted by molar-refractivity contribution is -0.137. The first-order chi connectivity index (χ1) is 14.6. The average Bonchev–Trinajstić information content (AvgIpc) is 2.74. The maximum atomic E-state index is 13.3. The Labute approximate surface area is 183 Å². The molecule has 0 aliphatic rings. The molecule has 0 spiro atoms. The highest BCUT2D eigenvalue weighted by Crippen LogP contribution is 2.34. The van der Waals surface area contributed by atoms with Gasteiger partial charge in [0.15, 0.2) is 5.78 Å². The third-order valence-corrected chi connectivity index (χ3v) is 4.72. The summed E-state index contributed by atoms with van der Waals surface area (Å²) < 4.78 is 39.9. The number of para-hydroxylation sites is 1. The lowest BCUT2D eigenvalue weighted by Crippen LogP contribution is -2.14. The first kappa shape index (κ1) is 22.4. The van der Waals surface area contributed by atoms with E-state index in [0.29, 0.717) is 21.8 Å². The van der Waals surface area contributed by atoms with E-state index in [9.17, 15) is 18.0 Å². The van der Waals surface area contributed by atoms with E-state index in [-0.39, 0.29) is 17.3 Å². The molecule has 0 radical (unpaired) electrons. The minimum absolute atomic E-state index is 0.131. The lowest BCUT2D eigenvalue weighted by Gasteiger charge is -2.16. The molecular formula is C23H19ClF3N3O. The van der Waals surface area contributed by atoms with Crippen LogP contribution in [0.2, 0.25) is 5.02 Å². The van der Waals surface area contributed by atoms with E-state index in [4.69, 9.17) is 11.6 Å². The molecule has 0 saturated carbocycles. The summed E-state index contributed by atoms with van der Waals surface area (Å²) in [6.07, 6.45) is -1.72. The molecular weight excluding hydrogens is 427 g/mol. The van der Waals surface area contributed by atoms with Gasteiger partial charge in [-0.2, -0.15) is 13.2 Å². The third kappa shape index (κ3) is 5.64.